The van der Waals surface area contributed by atoms with Crippen LogP contribution in [0, 0.1) is 0 Å². The van der Waals surface area contributed by atoms with Gasteiger partial charge in [-0.25, -0.2) is 4.79 Å². The largest absolute Gasteiger partial charge is 0.452 e. The van der Waals surface area contributed by atoms with E-state index < -0.39 is 6.09 Å². The number of ether oxygens (including phenoxy) is 2. The van der Waals surface area contributed by atoms with Crippen molar-refractivity contribution in [3.63, 3.8) is 0 Å². The minimum Gasteiger partial charge on any atom is -0.452 e. The zero-order valence-corrected chi connectivity index (χ0v) is 14.6. The number of carbonyl (C=O) groups is 1. The molecule has 0 aliphatic heterocycles. The number of nitrogens with zero attached hydrogens (tertiary/aromatic N) is 3. The molecule has 0 bridgehead atoms. The third-order valence-corrected chi connectivity index (χ3v) is 3.11. The summed E-state index contributed by atoms with van der Waals surface area (Å²) in [5.41, 5.74) is 2.59. The van der Waals surface area contributed by atoms with E-state index in [4.69, 9.17) is 14.3 Å². The second kappa shape index (κ2) is 10.2. The van der Waals surface area contributed by atoms with Gasteiger partial charge in [0.05, 0.1) is 12.8 Å². The summed E-state index contributed by atoms with van der Waals surface area (Å²) in [4.78, 5) is 23.3. The number of benzene rings is 1. The zero-order valence-electron chi connectivity index (χ0n) is 14.6. The monoisotopic (exact) mass is 337 g/mol. The first-order chi connectivity index (χ1) is 11.5. The van der Waals surface area contributed by atoms with E-state index in [1.807, 2.05) is 18.2 Å². The molecule has 24 heavy (non-hydrogen) atoms. The van der Waals surface area contributed by atoms with E-state index in [2.05, 4.69) is 15.1 Å². The Hall–Kier alpha value is -2.61. The molecule has 0 atom stereocenters. The highest BCUT2D eigenvalue weighted by atomic mass is 16.6. The first-order valence-corrected chi connectivity index (χ1v) is 7.22. The highest BCUT2D eigenvalue weighted by Gasteiger charge is 2.19. The van der Waals surface area contributed by atoms with Crippen molar-refractivity contribution in [2.45, 2.75) is 20.5 Å². The van der Waals surface area contributed by atoms with E-state index in [1.54, 1.807) is 19.9 Å². The molecule has 1 rings (SSSR count). The topological polar surface area (TPSA) is 82.0 Å². The van der Waals surface area contributed by atoms with Crippen LogP contribution in [0.5, 0.6) is 0 Å². The van der Waals surface area contributed by atoms with Gasteiger partial charge in [-0.3, -0.25) is 4.90 Å². The van der Waals surface area contributed by atoms with Crippen molar-refractivity contribution < 1.29 is 23.9 Å². The Morgan fingerprint density at radius 2 is 1.75 bits per heavy atom. The Morgan fingerprint density at radius 3 is 2.38 bits per heavy atom. The minimum atomic E-state index is -0.521. The van der Waals surface area contributed by atoms with Gasteiger partial charge in [0.15, 0.2) is 0 Å². The minimum absolute atomic E-state index is 0.0611. The Kier molecular flexibility index (Phi) is 8.28. The van der Waals surface area contributed by atoms with E-state index in [0.717, 1.165) is 5.56 Å². The normalized spacial score (nSPS) is 11.9. The molecule has 8 nitrogen and oxygen atoms in total. The standard InChI is InChI=1S/C16H23N3O5/c1-12(17-23-5)13(2)18-24-10-14-8-6-7-9-15(14)19(11-21-3)16(20)22-4/h6-9H,10-11H2,1-5H3/b17-12+,18-13+. The fourth-order valence-electron chi connectivity index (χ4n) is 1.82. The molecule has 8 heteroatoms. The summed E-state index contributed by atoms with van der Waals surface area (Å²) < 4.78 is 9.85. The maximum Gasteiger partial charge on any atom is 0.415 e. The van der Waals surface area contributed by atoms with Crippen LogP contribution in [0.25, 0.3) is 0 Å². The van der Waals surface area contributed by atoms with Crippen molar-refractivity contribution in [3.05, 3.63) is 29.8 Å². The number of amides is 1. The lowest BCUT2D eigenvalue weighted by Gasteiger charge is -2.22. The Balaban J connectivity index is 2.92. The molecule has 132 valence electrons. The van der Waals surface area contributed by atoms with Crippen molar-refractivity contribution in [2.24, 2.45) is 10.3 Å². The van der Waals surface area contributed by atoms with Crippen LogP contribution in [0.2, 0.25) is 0 Å². The molecule has 0 aromatic heterocycles. The van der Waals surface area contributed by atoms with Crippen LogP contribution in [0.15, 0.2) is 34.6 Å². The molecule has 1 aromatic rings. The average molecular weight is 337 g/mol. The molecule has 0 radical (unpaired) electrons. The molecule has 1 aromatic carbocycles. The number of anilines is 1. The lowest BCUT2D eigenvalue weighted by atomic mass is 10.2. The van der Waals surface area contributed by atoms with Gasteiger partial charge in [0.2, 0.25) is 0 Å². The van der Waals surface area contributed by atoms with Crippen molar-refractivity contribution in [3.8, 4) is 0 Å². The van der Waals surface area contributed by atoms with Gasteiger partial charge in [-0.1, -0.05) is 28.5 Å². The third kappa shape index (κ3) is 5.54. The van der Waals surface area contributed by atoms with E-state index in [0.29, 0.717) is 17.1 Å². The van der Waals surface area contributed by atoms with Gasteiger partial charge in [0.1, 0.15) is 31.9 Å². The highest BCUT2D eigenvalue weighted by Crippen LogP contribution is 2.22. The maximum absolute atomic E-state index is 11.9. The van der Waals surface area contributed by atoms with E-state index >= 15 is 0 Å². The lowest BCUT2D eigenvalue weighted by Crippen LogP contribution is -2.33. The van der Waals surface area contributed by atoms with Gasteiger partial charge in [-0.05, 0) is 19.9 Å². The number of rotatable bonds is 8. The number of carbonyl (C=O) groups excluding carboxylic acids is 1. The summed E-state index contributed by atoms with van der Waals surface area (Å²) in [5, 5.41) is 7.76. The smallest absolute Gasteiger partial charge is 0.415 e. The van der Waals surface area contributed by atoms with E-state index in [1.165, 1.54) is 26.2 Å². The first kappa shape index (κ1) is 19.4. The third-order valence-electron chi connectivity index (χ3n) is 3.11. The first-order valence-electron chi connectivity index (χ1n) is 7.22. The van der Waals surface area contributed by atoms with Crippen LogP contribution in [0.3, 0.4) is 0 Å². The second-order valence-corrected chi connectivity index (χ2v) is 4.75. The number of oxime groups is 2. The highest BCUT2D eigenvalue weighted by molar-refractivity contribution is 6.40. The number of para-hydroxylation sites is 1. The van der Waals surface area contributed by atoms with Crippen molar-refractivity contribution in [1.29, 1.82) is 0 Å². The molecule has 0 aliphatic carbocycles. The van der Waals surface area contributed by atoms with Crippen molar-refractivity contribution in [2.75, 3.05) is 33.0 Å². The molecule has 0 unspecified atom stereocenters. The summed E-state index contributed by atoms with van der Waals surface area (Å²) in [5.74, 6) is 0. The number of methoxy groups -OCH3 is 2. The van der Waals surface area contributed by atoms with Gasteiger partial charge in [-0.2, -0.15) is 0 Å². The molecular formula is C16H23N3O5. The molecular weight excluding hydrogens is 314 g/mol. The Morgan fingerprint density at radius 1 is 1.08 bits per heavy atom. The van der Waals surface area contributed by atoms with Gasteiger partial charge in [0.25, 0.3) is 0 Å². The van der Waals surface area contributed by atoms with Crippen LogP contribution in [-0.2, 0) is 25.8 Å². The fourth-order valence-corrected chi connectivity index (χ4v) is 1.82. The van der Waals surface area contributed by atoms with Gasteiger partial charge < -0.3 is 19.1 Å². The predicted molar refractivity (Wildman–Crippen MR) is 91.2 cm³/mol. The van der Waals surface area contributed by atoms with Crippen LogP contribution in [0.4, 0.5) is 10.5 Å². The van der Waals surface area contributed by atoms with Crippen molar-refractivity contribution >= 4 is 23.2 Å². The molecule has 0 saturated heterocycles. The Labute approximate surface area is 141 Å². The predicted octanol–water partition coefficient (Wildman–Crippen LogP) is 2.78. The summed E-state index contributed by atoms with van der Waals surface area (Å²) in [6.45, 7) is 3.75. The molecule has 1 amide bonds. The number of hydrogen-bond acceptors (Lipinski definition) is 7. The molecule has 0 aliphatic rings. The summed E-state index contributed by atoms with van der Waals surface area (Å²) in [6.07, 6.45) is -0.521. The van der Waals surface area contributed by atoms with E-state index in [-0.39, 0.29) is 13.3 Å². The van der Waals surface area contributed by atoms with Gasteiger partial charge in [0, 0.05) is 12.7 Å². The molecule has 0 fully saturated rings. The molecule has 0 spiro atoms. The summed E-state index contributed by atoms with van der Waals surface area (Å²) >= 11 is 0. The summed E-state index contributed by atoms with van der Waals surface area (Å²) in [6, 6.07) is 7.28. The quantitative estimate of drug-likeness (QED) is 0.414. The lowest BCUT2D eigenvalue weighted by molar-refractivity contribution is 0.129. The Bertz CT molecular complexity index is 601. The number of hydrogen-bond donors (Lipinski definition) is 0. The van der Waals surface area contributed by atoms with Gasteiger partial charge >= 0.3 is 6.09 Å². The maximum atomic E-state index is 11.9. The molecule has 0 N–H and O–H groups in total. The second-order valence-electron chi connectivity index (χ2n) is 4.75. The van der Waals surface area contributed by atoms with Gasteiger partial charge in [-0.15, -0.1) is 0 Å². The van der Waals surface area contributed by atoms with E-state index in [9.17, 15) is 4.79 Å². The fraction of sp³-hybridized carbons (Fsp3) is 0.438. The average Bonchev–Trinajstić information content (AvgIpc) is 2.59. The van der Waals surface area contributed by atoms with Crippen LogP contribution < -0.4 is 4.90 Å². The van der Waals surface area contributed by atoms with Crippen LogP contribution >= 0.6 is 0 Å². The molecule has 0 saturated carbocycles. The van der Waals surface area contributed by atoms with Crippen molar-refractivity contribution in [1.82, 2.24) is 0 Å². The zero-order chi connectivity index (χ0) is 17.9. The van der Waals surface area contributed by atoms with Crippen LogP contribution in [-0.4, -0.2) is 45.6 Å². The molecule has 0 heterocycles. The SMILES string of the molecule is COCN(C(=O)OC)c1ccccc1CO/N=C(C)/C(C)=N/OC. The summed E-state index contributed by atoms with van der Waals surface area (Å²) in [7, 11) is 4.28. The van der Waals surface area contributed by atoms with Crippen LogP contribution in [0.1, 0.15) is 19.4 Å².